The molecule has 1 aromatic carbocycles. The van der Waals surface area contributed by atoms with Crippen molar-refractivity contribution in [2.75, 3.05) is 26.8 Å². The number of ether oxygens (including phenoxy) is 1. The van der Waals surface area contributed by atoms with Gasteiger partial charge in [-0.25, -0.2) is 0 Å². The number of halogens is 2. The zero-order valence-corrected chi connectivity index (χ0v) is 16.4. The molecular formula is C20H27Cl2NO2. The van der Waals surface area contributed by atoms with Crippen molar-refractivity contribution in [2.24, 2.45) is 5.92 Å². The quantitative estimate of drug-likeness (QED) is 0.725. The molecule has 0 radical (unpaired) electrons. The topological polar surface area (TPSA) is 29.5 Å². The van der Waals surface area contributed by atoms with Crippen LogP contribution < -0.4 is 0 Å². The van der Waals surface area contributed by atoms with Crippen LogP contribution in [0.25, 0.3) is 0 Å². The second-order valence-corrected chi connectivity index (χ2v) is 8.35. The third kappa shape index (κ3) is 4.15. The summed E-state index contributed by atoms with van der Waals surface area (Å²) in [7, 11) is 1.94. The van der Waals surface area contributed by atoms with Crippen LogP contribution in [0.15, 0.2) is 18.2 Å². The molecule has 0 spiro atoms. The number of hydrogen-bond donors (Lipinski definition) is 0. The summed E-state index contributed by atoms with van der Waals surface area (Å²) < 4.78 is 5.55. The second kappa shape index (κ2) is 8.28. The number of hydrogen-bond acceptors (Lipinski definition) is 2. The number of nitrogens with zero attached hydrogens (tertiary/aromatic N) is 1. The largest absolute Gasteiger partial charge is 0.381 e. The molecule has 25 heavy (non-hydrogen) atoms. The highest BCUT2D eigenvalue weighted by Crippen LogP contribution is 2.41. The van der Waals surface area contributed by atoms with Gasteiger partial charge in [0, 0.05) is 36.9 Å². The molecular weight excluding hydrogens is 357 g/mol. The predicted molar refractivity (Wildman–Crippen MR) is 102 cm³/mol. The summed E-state index contributed by atoms with van der Waals surface area (Å²) in [5.41, 5.74) is 0.297. The Morgan fingerprint density at radius 1 is 1.20 bits per heavy atom. The van der Waals surface area contributed by atoms with E-state index in [4.69, 9.17) is 27.9 Å². The number of benzene rings is 1. The molecule has 0 unspecified atom stereocenters. The Morgan fingerprint density at radius 3 is 2.52 bits per heavy atom. The summed E-state index contributed by atoms with van der Waals surface area (Å²) in [5, 5.41) is 1.17. The van der Waals surface area contributed by atoms with Gasteiger partial charge in [-0.15, -0.1) is 0 Å². The molecule has 0 bridgehead atoms. The Balaban J connectivity index is 1.85. The van der Waals surface area contributed by atoms with Crippen molar-refractivity contribution in [3.8, 4) is 0 Å². The first-order valence-corrected chi connectivity index (χ1v) is 10.1. The van der Waals surface area contributed by atoms with Gasteiger partial charge in [0.15, 0.2) is 0 Å². The number of carbonyl (C=O) groups is 1. The lowest BCUT2D eigenvalue weighted by atomic mass is 9.72. The third-order valence-electron chi connectivity index (χ3n) is 5.81. The SMILES string of the molecule is CN(CC1CCCCC1)C(=O)C1(c2ccc(Cl)cc2Cl)CCOCC1. The maximum atomic E-state index is 13.5. The van der Waals surface area contributed by atoms with E-state index in [1.54, 1.807) is 6.07 Å². The molecule has 0 N–H and O–H groups in total. The van der Waals surface area contributed by atoms with Gasteiger partial charge in [-0.05, 0) is 49.3 Å². The Bertz CT molecular complexity index is 608. The van der Waals surface area contributed by atoms with Crippen LogP contribution >= 0.6 is 23.2 Å². The zero-order chi connectivity index (χ0) is 17.9. The van der Waals surface area contributed by atoms with Crippen molar-refractivity contribution in [1.29, 1.82) is 0 Å². The summed E-state index contributed by atoms with van der Waals surface area (Å²) in [6.07, 6.45) is 7.70. The normalized spacial score (nSPS) is 21.1. The van der Waals surface area contributed by atoms with Gasteiger partial charge in [-0.3, -0.25) is 4.79 Å². The van der Waals surface area contributed by atoms with Crippen molar-refractivity contribution in [1.82, 2.24) is 4.90 Å². The number of amides is 1. The van der Waals surface area contributed by atoms with Gasteiger partial charge in [0.05, 0.1) is 5.41 Å². The first-order chi connectivity index (χ1) is 12.0. The molecule has 2 aliphatic rings. The molecule has 1 aliphatic heterocycles. The molecule has 0 atom stereocenters. The fourth-order valence-electron chi connectivity index (χ4n) is 4.40. The van der Waals surface area contributed by atoms with Crippen LogP contribution in [0.3, 0.4) is 0 Å². The first kappa shape index (κ1) is 19.0. The van der Waals surface area contributed by atoms with Gasteiger partial charge < -0.3 is 9.64 Å². The van der Waals surface area contributed by atoms with Gasteiger partial charge >= 0.3 is 0 Å². The maximum absolute atomic E-state index is 13.5. The van der Waals surface area contributed by atoms with Crippen molar-refractivity contribution in [3.05, 3.63) is 33.8 Å². The van der Waals surface area contributed by atoms with E-state index in [9.17, 15) is 4.79 Å². The van der Waals surface area contributed by atoms with Gasteiger partial charge in [0.1, 0.15) is 0 Å². The molecule has 138 valence electrons. The summed E-state index contributed by atoms with van der Waals surface area (Å²) >= 11 is 12.6. The minimum Gasteiger partial charge on any atom is -0.381 e. The predicted octanol–water partition coefficient (Wildman–Crippen LogP) is 5.08. The van der Waals surface area contributed by atoms with Crippen LogP contribution in [0.1, 0.15) is 50.5 Å². The molecule has 1 amide bonds. The van der Waals surface area contributed by atoms with Crippen LogP contribution in [0.4, 0.5) is 0 Å². The number of carbonyl (C=O) groups excluding carboxylic acids is 1. The highest BCUT2D eigenvalue weighted by molar-refractivity contribution is 6.35. The fourth-order valence-corrected chi connectivity index (χ4v) is 4.99. The van der Waals surface area contributed by atoms with Crippen molar-refractivity contribution in [2.45, 2.75) is 50.4 Å². The Hall–Kier alpha value is -0.770. The molecule has 3 nitrogen and oxygen atoms in total. The molecule has 1 heterocycles. The molecule has 1 aromatic rings. The molecule has 0 aromatic heterocycles. The van der Waals surface area contributed by atoms with E-state index in [1.807, 2.05) is 24.1 Å². The van der Waals surface area contributed by atoms with Crippen LogP contribution in [-0.2, 0) is 14.9 Å². The average molecular weight is 384 g/mol. The van der Waals surface area contributed by atoms with Gasteiger partial charge in [-0.2, -0.15) is 0 Å². The molecule has 1 saturated heterocycles. The molecule has 2 fully saturated rings. The lowest BCUT2D eigenvalue weighted by Gasteiger charge is -2.40. The number of rotatable bonds is 4. The minimum atomic E-state index is -0.594. The molecule has 3 rings (SSSR count). The van der Waals surface area contributed by atoms with Gasteiger partial charge in [0.25, 0.3) is 0 Å². The van der Waals surface area contributed by atoms with Crippen LogP contribution in [0, 0.1) is 5.92 Å². The highest BCUT2D eigenvalue weighted by atomic mass is 35.5. The van der Waals surface area contributed by atoms with Crippen molar-refractivity contribution < 1.29 is 9.53 Å². The number of likely N-dealkylation sites (N-methyl/N-ethyl adjacent to an activating group) is 1. The van der Waals surface area contributed by atoms with E-state index in [-0.39, 0.29) is 5.91 Å². The van der Waals surface area contributed by atoms with E-state index in [0.717, 1.165) is 12.1 Å². The van der Waals surface area contributed by atoms with Crippen molar-refractivity contribution in [3.63, 3.8) is 0 Å². The van der Waals surface area contributed by atoms with Gasteiger partial charge in [0.2, 0.25) is 5.91 Å². The van der Waals surface area contributed by atoms with Crippen LogP contribution in [-0.4, -0.2) is 37.6 Å². The Kier molecular flexibility index (Phi) is 6.30. The zero-order valence-electron chi connectivity index (χ0n) is 14.9. The monoisotopic (exact) mass is 383 g/mol. The summed E-state index contributed by atoms with van der Waals surface area (Å²) in [5.74, 6) is 0.797. The summed E-state index contributed by atoms with van der Waals surface area (Å²) in [6, 6.07) is 5.49. The van der Waals surface area contributed by atoms with E-state index < -0.39 is 5.41 Å². The summed E-state index contributed by atoms with van der Waals surface area (Å²) in [4.78, 5) is 15.4. The standard InChI is InChI=1S/C20H27Cl2NO2/c1-23(14-15-5-3-2-4-6-15)19(24)20(9-11-25-12-10-20)17-8-7-16(21)13-18(17)22/h7-8,13,15H,2-6,9-12,14H2,1H3. The lowest BCUT2D eigenvalue weighted by Crippen LogP contribution is -2.50. The first-order valence-electron chi connectivity index (χ1n) is 9.32. The fraction of sp³-hybridized carbons (Fsp3) is 0.650. The minimum absolute atomic E-state index is 0.172. The van der Waals surface area contributed by atoms with Crippen molar-refractivity contribution >= 4 is 29.1 Å². The van der Waals surface area contributed by atoms with E-state index in [0.29, 0.717) is 42.0 Å². The van der Waals surface area contributed by atoms with Crippen LogP contribution in [0.2, 0.25) is 10.0 Å². The van der Waals surface area contributed by atoms with E-state index in [2.05, 4.69) is 0 Å². The van der Waals surface area contributed by atoms with Gasteiger partial charge in [-0.1, -0.05) is 48.5 Å². The Morgan fingerprint density at radius 2 is 1.88 bits per heavy atom. The highest BCUT2D eigenvalue weighted by Gasteiger charge is 2.44. The average Bonchev–Trinajstić information content (AvgIpc) is 2.62. The Labute approximate surface area is 160 Å². The van der Waals surface area contributed by atoms with E-state index >= 15 is 0 Å². The third-order valence-corrected chi connectivity index (χ3v) is 6.35. The summed E-state index contributed by atoms with van der Waals surface area (Å²) in [6.45, 7) is 2.01. The smallest absolute Gasteiger partial charge is 0.233 e. The second-order valence-electron chi connectivity index (χ2n) is 7.51. The molecule has 5 heteroatoms. The van der Waals surface area contributed by atoms with Crippen LogP contribution in [0.5, 0.6) is 0 Å². The molecule has 1 aliphatic carbocycles. The lowest BCUT2D eigenvalue weighted by molar-refractivity contribution is -0.140. The molecule has 1 saturated carbocycles. The van der Waals surface area contributed by atoms with E-state index in [1.165, 1.54) is 32.1 Å². The maximum Gasteiger partial charge on any atom is 0.233 e.